The van der Waals surface area contributed by atoms with Gasteiger partial charge in [-0.05, 0) is 44.2 Å². The molecule has 0 spiro atoms. The van der Waals surface area contributed by atoms with Gasteiger partial charge in [0.2, 0.25) is 5.88 Å². The Morgan fingerprint density at radius 3 is 3.05 bits per heavy atom. The van der Waals surface area contributed by atoms with Gasteiger partial charge in [0.1, 0.15) is 0 Å². The van der Waals surface area contributed by atoms with Crippen LogP contribution in [0.2, 0.25) is 0 Å². The molecule has 1 aromatic heterocycles. The molecular formula is C16H24N2O. The molecule has 2 unspecified atom stereocenters. The molecule has 1 heterocycles. The van der Waals surface area contributed by atoms with Crippen molar-refractivity contribution in [3.63, 3.8) is 0 Å². The minimum absolute atomic E-state index is 0.716. The molecule has 0 saturated heterocycles. The number of aromatic nitrogens is 1. The summed E-state index contributed by atoms with van der Waals surface area (Å²) in [4.78, 5) is 4.22. The maximum atomic E-state index is 5.26. The molecule has 0 aliphatic heterocycles. The topological polar surface area (TPSA) is 34.1 Å². The molecule has 0 amide bonds. The number of pyridine rings is 1. The van der Waals surface area contributed by atoms with Gasteiger partial charge in [-0.25, -0.2) is 4.98 Å². The highest BCUT2D eigenvalue weighted by Crippen LogP contribution is 2.27. The van der Waals surface area contributed by atoms with Crippen LogP contribution < -0.4 is 10.1 Å². The Kier molecular flexibility index (Phi) is 4.97. The van der Waals surface area contributed by atoms with E-state index in [2.05, 4.69) is 36.3 Å². The van der Waals surface area contributed by atoms with E-state index in [-0.39, 0.29) is 0 Å². The lowest BCUT2D eigenvalue weighted by Crippen LogP contribution is -2.26. The predicted molar refractivity (Wildman–Crippen MR) is 78.1 cm³/mol. The fourth-order valence-corrected chi connectivity index (χ4v) is 3.00. The molecule has 2 rings (SSSR count). The van der Waals surface area contributed by atoms with E-state index in [0.29, 0.717) is 5.92 Å². The fraction of sp³-hybridized carbons (Fsp3) is 0.562. The molecule has 1 aliphatic rings. The molecule has 2 atom stereocenters. The Morgan fingerprint density at radius 2 is 2.32 bits per heavy atom. The number of rotatable bonds is 5. The predicted octanol–water partition coefficient (Wildman–Crippen LogP) is 3.17. The van der Waals surface area contributed by atoms with Crippen LogP contribution in [0.25, 0.3) is 0 Å². The zero-order chi connectivity index (χ0) is 13.7. The SMILES string of the molecule is COc1ncccc1CNCC1CC(C)=CC(C)C1. The molecule has 1 aliphatic carbocycles. The standard InChI is InChI=1S/C16H24N2O/c1-12-7-13(2)9-14(8-12)10-17-11-15-5-4-6-18-16(15)19-3/h4-7,12,14,17H,8-11H2,1-3H3. The average Bonchev–Trinajstić information content (AvgIpc) is 2.38. The van der Waals surface area contributed by atoms with Crippen molar-refractivity contribution in [2.75, 3.05) is 13.7 Å². The number of allylic oxidation sites excluding steroid dienone is 2. The van der Waals surface area contributed by atoms with Crippen LogP contribution in [0.1, 0.15) is 32.3 Å². The quantitative estimate of drug-likeness (QED) is 0.826. The average molecular weight is 260 g/mol. The van der Waals surface area contributed by atoms with Crippen LogP contribution in [-0.2, 0) is 6.54 Å². The van der Waals surface area contributed by atoms with Gasteiger partial charge in [-0.2, -0.15) is 0 Å². The lowest BCUT2D eigenvalue weighted by atomic mass is 9.84. The van der Waals surface area contributed by atoms with Gasteiger partial charge in [0.25, 0.3) is 0 Å². The van der Waals surface area contributed by atoms with Gasteiger partial charge in [0.05, 0.1) is 7.11 Å². The monoisotopic (exact) mass is 260 g/mol. The van der Waals surface area contributed by atoms with Gasteiger partial charge in [0, 0.05) is 18.3 Å². The van der Waals surface area contributed by atoms with Crippen molar-refractivity contribution in [3.05, 3.63) is 35.5 Å². The second kappa shape index (κ2) is 6.71. The molecule has 0 bridgehead atoms. The van der Waals surface area contributed by atoms with Gasteiger partial charge in [0.15, 0.2) is 0 Å². The van der Waals surface area contributed by atoms with E-state index in [0.717, 1.165) is 30.5 Å². The van der Waals surface area contributed by atoms with Crippen LogP contribution in [0.4, 0.5) is 0 Å². The number of nitrogens with zero attached hydrogens (tertiary/aromatic N) is 1. The summed E-state index contributed by atoms with van der Waals surface area (Å²) in [6, 6.07) is 4.02. The van der Waals surface area contributed by atoms with E-state index in [1.165, 1.54) is 18.4 Å². The molecule has 0 radical (unpaired) electrons. The van der Waals surface area contributed by atoms with Crippen LogP contribution >= 0.6 is 0 Å². The van der Waals surface area contributed by atoms with Crippen molar-refractivity contribution in [1.29, 1.82) is 0 Å². The summed E-state index contributed by atoms with van der Waals surface area (Å²) in [6.45, 7) is 6.44. The third-order valence-electron chi connectivity index (χ3n) is 3.68. The lowest BCUT2D eigenvalue weighted by molar-refractivity contribution is 0.372. The maximum absolute atomic E-state index is 5.26. The Balaban J connectivity index is 1.82. The van der Waals surface area contributed by atoms with Crippen LogP contribution in [0.5, 0.6) is 5.88 Å². The van der Waals surface area contributed by atoms with E-state index in [1.54, 1.807) is 13.3 Å². The first kappa shape index (κ1) is 14.1. The first-order chi connectivity index (χ1) is 9.19. The number of hydrogen-bond donors (Lipinski definition) is 1. The van der Waals surface area contributed by atoms with Crippen LogP contribution in [0.3, 0.4) is 0 Å². The molecule has 3 nitrogen and oxygen atoms in total. The van der Waals surface area contributed by atoms with Gasteiger partial charge >= 0.3 is 0 Å². The van der Waals surface area contributed by atoms with E-state index >= 15 is 0 Å². The second-order valence-electron chi connectivity index (χ2n) is 5.60. The normalized spacial score (nSPS) is 23.0. The van der Waals surface area contributed by atoms with Crippen molar-refractivity contribution in [2.45, 2.75) is 33.2 Å². The molecule has 1 aromatic rings. The van der Waals surface area contributed by atoms with Crippen LogP contribution in [0.15, 0.2) is 30.0 Å². The summed E-state index contributed by atoms with van der Waals surface area (Å²) in [5.74, 6) is 2.19. The molecule has 104 valence electrons. The Bertz CT molecular complexity index is 442. The fourth-order valence-electron chi connectivity index (χ4n) is 3.00. The first-order valence-electron chi connectivity index (χ1n) is 7.05. The van der Waals surface area contributed by atoms with Crippen molar-refractivity contribution >= 4 is 0 Å². The Morgan fingerprint density at radius 1 is 1.47 bits per heavy atom. The summed E-state index contributed by atoms with van der Waals surface area (Å²) < 4.78 is 5.26. The molecule has 1 N–H and O–H groups in total. The lowest BCUT2D eigenvalue weighted by Gasteiger charge is -2.25. The number of hydrogen-bond acceptors (Lipinski definition) is 3. The minimum atomic E-state index is 0.716. The molecule has 19 heavy (non-hydrogen) atoms. The maximum Gasteiger partial charge on any atom is 0.217 e. The largest absolute Gasteiger partial charge is 0.481 e. The molecule has 0 fully saturated rings. The number of methoxy groups -OCH3 is 1. The summed E-state index contributed by atoms with van der Waals surface area (Å²) >= 11 is 0. The molecule has 0 aromatic carbocycles. The third kappa shape index (κ3) is 4.06. The van der Waals surface area contributed by atoms with E-state index in [4.69, 9.17) is 4.74 Å². The Hall–Kier alpha value is -1.35. The van der Waals surface area contributed by atoms with E-state index < -0.39 is 0 Å². The third-order valence-corrected chi connectivity index (χ3v) is 3.68. The van der Waals surface area contributed by atoms with Crippen molar-refractivity contribution in [1.82, 2.24) is 10.3 Å². The van der Waals surface area contributed by atoms with E-state index in [9.17, 15) is 0 Å². The smallest absolute Gasteiger partial charge is 0.217 e. The summed E-state index contributed by atoms with van der Waals surface area (Å²) in [6.07, 6.45) is 6.68. The van der Waals surface area contributed by atoms with Gasteiger partial charge in [-0.15, -0.1) is 0 Å². The van der Waals surface area contributed by atoms with Crippen LogP contribution in [0, 0.1) is 11.8 Å². The first-order valence-corrected chi connectivity index (χ1v) is 7.05. The number of ether oxygens (including phenoxy) is 1. The molecular weight excluding hydrogens is 236 g/mol. The van der Waals surface area contributed by atoms with Gasteiger partial charge in [-0.1, -0.05) is 24.6 Å². The van der Waals surface area contributed by atoms with Crippen molar-refractivity contribution < 1.29 is 4.74 Å². The van der Waals surface area contributed by atoms with Crippen molar-refractivity contribution in [3.8, 4) is 5.88 Å². The Labute approximate surface area is 116 Å². The van der Waals surface area contributed by atoms with Crippen molar-refractivity contribution in [2.24, 2.45) is 11.8 Å². The molecule has 3 heteroatoms. The molecule has 0 saturated carbocycles. The van der Waals surface area contributed by atoms with E-state index in [1.807, 2.05) is 6.07 Å². The summed E-state index contributed by atoms with van der Waals surface area (Å²) in [5.41, 5.74) is 2.66. The minimum Gasteiger partial charge on any atom is -0.481 e. The number of nitrogens with one attached hydrogen (secondary N) is 1. The zero-order valence-corrected chi connectivity index (χ0v) is 12.1. The summed E-state index contributed by atoms with van der Waals surface area (Å²) in [7, 11) is 1.67. The highest BCUT2D eigenvalue weighted by molar-refractivity contribution is 5.25. The summed E-state index contributed by atoms with van der Waals surface area (Å²) in [5, 5.41) is 3.54. The van der Waals surface area contributed by atoms with Gasteiger partial charge in [-0.3, -0.25) is 0 Å². The second-order valence-corrected chi connectivity index (χ2v) is 5.60. The van der Waals surface area contributed by atoms with Crippen LogP contribution in [-0.4, -0.2) is 18.6 Å². The highest BCUT2D eigenvalue weighted by Gasteiger charge is 2.17. The van der Waals surface area contributed by atoms with Gasteiger partial charge < -0.3 is 10.1 Å². The highest BCUT2D eigenvalue weighted by atomic mass is 16.5. The zero-order valence-electron chi connectivity index (χ0n) is 12.1.